The second-order valence-electron chi connectivity index (χ2n) is 9.36. The molecule has 0 aliphatic carbocycles. The van der Waals surface area contributed by atoms with Crippen molar-refractivity contribution in [3.63, 3.8) is 0 Å². The first kappa shape index (κ1) is 33.2. The largest absolute Gasteiger partial charge is 0.494 e. The van der Waals surface area contributed by atoms with Crippen LogP contribution in [0.3, 0.4) is 0 Å². The van der Waals surface area contributed by atoms with Gasteiger partial charge in [-0.25, -0.2) is 12.8 Å². The molecule has 0 saturated carbocycles. The van der Waals surface area contributed by atoms with Gasteiger partial charge in [0.25, 0.3) is 10.0 Å². The molecule has 1 unspecified atom stereocenters. The summed E-state index contributed by atoms with van der Waals surface area (Å²) >= 11 is 12.5. The molecule has 0 heterocycles. The highest BCUT2D eigenvalue weighted by atomic mass is 35.5. The fourth-order valence-electron chi connectivity index (χ4n) is 4.26. The third kappa shape index (κ3) is 8.36. The molecule has 3 aromatic carbocycles. The maximum Gasteiger partial charge on any atom is 0.264 e. The van der Waals surface area contributed by atoms with E-state index in [1.54, 1.807) is 31.2 Å². The number of benzene rings is 3. The van der Waals surface area contributed by atoms with Crippen molar-refractivity contribution in [3.05, 3.63) is 88.2 Å². The number of anilines is 1. The number of rotatable bonds is 14. The van der Waals surface area contributed by atoms with Crippen LogP contribution in [-0.2, 0) is 26.2 Å². The van der Waals surface area contributed by atoms with E-state index in [4.69, 9.17) is 27.9 Å². The molecule has 3 aromatic rings. The maximum atomic E-state index is 14.1. The summed E-state index contributed by atoms with van der Waals surface area (Å²) in [5.74, 6) is -1.09. The summed E-state index contributed by atoms with van der Waals surface area (Å²) in [7, 11) is -4.34. The summed E-state index contributed by atoms with van der Waals surface area (Å²) in [6.45, 7) is 5.61. The molecule has 2 amide bonds. The second kappa shape index (κ2) is 15.2. The zero-order chi connectivity index (χ0) is 30.9. The lowest BCUT2D eigenvalue weighted by molar-refractivity contribution is -0.140. The molecular weight excluding hydrogens is 604 g/mol. The number of carbonyl (C=O) groups is 2. The van der Waals surface area contributed by atoms with E-state index in [0.717, 1.165) is 28.6 Å². The molecule has 0 aromatic heterocycles. The van der Waals surface area contributed by atoms with Crippen LogP contribution in [0.5, 0.6) is 5.75 Å². The molecule has 0 fully saturated rings. The molecule has 0 aliphatic rings. The SMILES string of the molecule is CCCNC(=O)C(CC)N(Cc1ccc(Cl)cc1Cl)C(=O)CN(c1ccc(OCC)cc1)S(=O)(=O)c1ccc(F)cc1. The Morgan fingerprint density at radius 3 is 2.21 bits per heavy atom. The van der Waals surface area contributed by atoms with Gasteiger partial charge < -0.3 is 15.0 Å². The van der Waals surface area contributed by atoms with Gasteiger partial charge in [-0.1, -0.05) is 43.1 Å². The van der Waals surface area contributed by atoms with E-state index in [9.17, 15) is 22.4 Å². The zero-order valence-electron chi connectivity index (χ0n) is 23.6. The van der Waals surface area contributed by atoms with Crippen LogP contribution >= 0.6 is 23.2 Å². The molecule has 8 nitrogen and oxygen atoms in total. The predicted octanol–water partition coefficient (Wildman–Crippen LogP) is 6.06. The standard InChI is InChI=1S/C30H34Cl2FN3O5S/c1-4-17-34-30(38)28(5-2)35(19-21-7-8-22(31)18-27(21)32)29(37)20-36(24-11-13-25(14-12-24)41-6-3)42(39,40)26-15-9-23(33)10-16-26/h7-16,18,28H,4-6,17,19-20H2,1-3H3,(H,34,38). The van der Waals surface area contributed by atoms with Crippen molar-refractivity contribution in [1.29, 1.82) is 0 Å². The predicted molar refractivity (Wildman–Crippen MR) is 163 cm³/mol. The van der Waals surface area contributed by atoms with Crippen LogP contribution < -0.4 is 14.4 Å². The lowest BCUT2D eigenvalue weighted by Crippen LogP contribution is -2.52. The minimum atomic E-state index is -4.34. The Balaban J connectivity index is 2.07. The van der Waals surface area contributed by atoms with Gasteiger partial charge in [-0.2, -0.15) is 0 Å². The molecule has 226 valence electrons. The van der Waals surface area contributed by atoms with E-state index in [1.807, 2.05) is 13.8 Å². The van der Waals surface area contributed by atoms with Gasteiger partial charge in [0.1, 0.15) is 24.2 Å². The number of halogens is 3. The summed E-state index contributed by atoms with van der Waals surface area (Å²) < 4.78 is 47.8. The number of amides is 2. The quantitative estimate of drug-likeness (QED) is 0.232. The van der Waals surface area contributed by atoms with Gasteiger partial charge in [-0.3, -0.25) is 13.9 Å². The van der Waals surface area contributed by atoms with Crippen LogP contribution in [0, 0.1) is 5.82 Å². The van der Waals surface area contributed by atoms with Crippen LogP contribution in [0.1, 0.15) is 39.2 Å². The molecule has 0 aliphatic heterocycles. The fourth-order valence-corrected chi connectivity index (χ4v) is 6.14. The topological polar surface area (TPSA) is 96.0 Å². The average Bonchev–Trinajstić information content (AvgIpc) is 2.96. The number of ether oxygens (including phenoxy) is 1. The van der Waals surface area contributed by atoms with Gasteiger partial charge in [0, 0.05) is 23.1 Å². The van der Waals surface area contributed by atoms with Crippen LogP contribution in [-0.4, -0.2) is 50.9 Å². The Morgan fingerprint density at radius 2 is 1.64 bits per heavy atom. The Morgan fingerprint density at radius 1 is 0.976 bits per heavy atom. The second-order valence-corrected chi connectivity index (χ2v) is 12.1. The zero-order valence-corrected chi connectivity index (χ0v) is 26.0. The maximum absolute atomic E-state index is 14.1. The van der Waals surface area contributed by atoms with Gasteiger partial charge in [-0.15, -0.1) is 0 Å². The van der Waals surface area contributed by atoms with E-state index in [0.29, 0.717) is 40.9 Å². The molecule has 1 atom stereocenters. The first-order valence-electron chi connectivity index (χ1n) is 13.5. The van der Waals surface area contributed by atoms with Gasteiger partial charge in [0.2, 0.25) is 11.8 Å². The molecule has 0 saturated heterocycles. The van der Waals surface area contributed by atoms with E-state index < -0.39 is 34.3 Å². The van der Waals surface area contributed by atoms with Crippen LogP contribution in [0.25, 0.3) is 0 Å². The molecule has 12 heteroatoms. The highest BCUT2D eigenvalue weighted by Gasteiger charge is 2.34. The number of sulfonamides is 1. The highest BCUT2D eigenvalue weighted by Crippen LogP contribution is 2.28. The molecule has 0 bridgehead atoms. The van der Waals surface area contributed by atoms with Gasteiger partial charge in [0.15, 0.2) is 0 Å². The lowest BCUT2D eigenvalue weighted by atomic mass is 10.1. The van der Waals surface area contributed by atoms with Crippen LogP contribution in [0.2, 0.25) is 10.0 Å². The Bertz CT molecular complexity index is 1470. The molecule has 3 rings (SSSR count). The first-order valence-corrected chi connectivity index (χ1v) is 15.7. The van der Waals surface area contributed by atoms with Gasteiger partial charge in [-0.05, 0) is 86.0 Å². The van der Waals surface area contributed by atoms with E-state index in [-0.39, 0.29) is 29.5 Å². The van der Waals surface area contributed by atoms with Crippen LogP contribution in [0.15, 0.2) is 71.6 Å². The van der Waals surface area contributed by atoms with Crippen molar-refractivity contribution in [2.75, 3.05) is 24.0 Å². The number of nitrogens with zero attached hydrogens (tertiary/aromatic N) is 2. The van der Waals surface area contributed by atoms with Crippen LogP contribution in [0.4, 0.5) is 10.1 Å². The van der Waals surface area contributed by atoms with Crippen molar-refractivity contribution in [3.8, 4) is 5.75 Å². The van der Waals surface area contributed by atoms with E-state index in [1.165, 1.54) is 23.1 Å². The molecule has 0 radical (unpaired) electrons. The molecule has 1 N–H and O–H groups in total. The summed E-state index contributed by atoms with van der Waals surface area (Å²) in [5.41, 5.74) is 0.717. The minimum Gasteiger partial charge on any atom is -0.494 e. The van der Waals surface area contributed by atoms with Gasteiger partial charge in [0.05, 0.1) is 17.2 Å². The third-order valence-corrected chi connectivity index (χ3v) is 8.78. The summed E-state index contributed by atoms with van der Waals surface area (Å²) in [4.78, 5) is 28.4. The summed E-state index contributed by atoms with van der Waals surface area (Å²) in [6.07, 6.45) is 0.959. The molecular formula is C30H34Cl2FN3O5S. The highest BCUT2D eigenvalue weighted by molar-refractivity contribution is 7.92. The summed E-state index contributed by atoms with van der Waals surface area (Å²) in [6, 6.07) is 14.5. The third-order valence-electron chi connectivity index (χ3n) is 6.41. The van der Waals surface area contributed by atoms with E-state index >= 15 is 0 Å². The minimum absolute atomic E-state index is 0.0688. The lowest BCUT2D eigenvalue weighted by Gasteiger charge is -2.33. The number of carbonyl (C=O) groups excluding carboxylic acids is 2. The Hall–Kier alpha value is -3.34. The summed E-state index contributed by atoms with van der Waals surface area (Å²) in [5, 5.41) is 3.53. The number of hydrogen-bond donors (Lipinski definition) is 1. The first-order chi connectivity index (χ1) is 20.0. The Labute approximate surface area is 256 Å². The Kier molecular flexibility index (Phi) is 12.0. The van der Waals surface area contributed by atoms with Crippen molar-refractivity contribution in [2.45, 2.75) is 51.1 Å². The molecule has 0 spiro atoms. The van der Waals surface area contributed by atoms with Crippen molar-refractivity contribution in [2.24, 2.45) is 0 Å². The smallest absolute Gasteiger partial charge is 0.264 e. The number of nitrogens with one attached hydrogen (secondary N) is 1. The van der Waals surface area contributed by atoms with Crippen molar-refractivity contribution in [1.82, 2.24) is 10.2 Å². The molecule has 42 heavy (non-hydrogen) atoms. The van der Waals surface area contributed by atoms with Crippen molar-refractivity contribution >= 4 is 50.7 Å². The fraction of sp³-hybridized carbons (Fsp3) is 0.333. The monoisotopic (exact) mass is 637 g/mol. The average molecular weight is 639 g/mol. The normalized spacial score (nSPS) is 12.0. The van der Waals surface area contributed by atoms with Gasteiger partial charge >= 0.3 is 0 Å². The van der Waals surface area contributed by atoms with E-state index in [2.05, 4.69) is 5.32 Å². The number of hydrogen-bond acceptors (Lipinski definition) is 5. The van der Waals surface area contributed by atoms with Crippen molar-refractivity contribution < 1.29 is 27.1 Å².